The molecule has 0 bridgehead atoms. The number of nitrogens with two attached hydrogens (primary N) is 1. The number of aromatic hydroxyl groups is 1. The van der Waals surface area contributed by atoms with Crippen LogP contribution in [0.25, 0.3) is 11.4 Å². The summed E-state index contributed by atoms with van der Waals surface area (Å²) in [5, 5.41) is 13.4. The number of phenols is 1. The molecule has 0 saturated carbocycles. The lowest BCUT2D eigenvalue weighted by molar-refractivity contribution is 0.475. The SMILES string of the molecule is Cc1cc(O)ccc1-c1nc(N)n(C)n1. The predicted molar refractivity (Wildman–Crippen MR) is 57.3 cm³/mol. The molecule has 1 aromatic carbocycles. The fourth-order valence-corrected chi connectivity index (χ4v) is 1.41. The largest absolute Gasteiger partial charge is 0.508 e. The third-order valence-corrected chi connectivity index (χ3v) is 2.25. The minimum Gasteiger partial charge on any atom is -0.508 e. The average molecular weight is 204 g/mol. The van der Waals surface area contributed by atoms with Crippen molar-refractivity contribution in [2.45, 2.75) is 6.92 Å². The highest BCUT2D eigenvalue weighted by molar-refractivity contribution is 5.61. The van der Waals surface area contributed by atoms with Crippen molar-refractivity contribution in [3.8, 4) is 17.1 Å². The van der Waals surface area contributed by atoms with Gasteiger partial charge in [0.2, 0.25) is 5.95 Å². The maximum Gasteiger partial charge on any atom is 0.218 e. The first-order chi connectivity index (χ1) is 7.08. The van der Waals surface area contributed by atoms with Crippen molar-refractivity contribution in [1.82, 2.24) is 14.8 Å². The van der Waals surface area contributed by atoms with E-state index < -0.39 is 0 Å². The van der Waals surface area contributed by atoms with E-state index in [1.54, 1.807) is 25.2 Å². The highest BCUT2D eigenvalue weighted by Gasteiger charge is 2.09. The number of aromatic nitrogens is 3. The standard InChI is InChI=1S/C10H12N4O/c1-6-5-7(15)3-4-8(6)9-12-10(11)14(2)13-9/h3-5,15H,1-2H3,(H2,11,12,13). The molecule has 78 valence electrons. The van der Waals surface area contributed by atoms with Gasteiger partial charge in [0.1, 0.15) is 5.75 Å². The van der Waals surface area contributed by atoms with Crippen LogP contribution in [-0.2, 0) is 7.05 Å². The summed E-state index contributed by atoms with van der Waals surface area (Å²) in [6.45, 7) is 1.89. The van der Waals surface area contributed by atoms with Crippen LogP contribution < -0.4 is 5.73 Å². The van der Waals surface area contributed by atoms with Gasteiger partial charge in [-0.05, 0) is 30.7 Å². The maximum atomic E-state index is 9.27. The Balaban J connectivity index is 2.54. The van der Waals surface area contributed by atoms with Gasteiger partial charge in [0.15, 0.2) is 5.82 Å². The van der Waals surface area contributed by atoms with Crippen molar-refractivity contribution in [1.29, 1.82) is 0 Å². The van der Waals surface area contributed by atoms with Crippen LogP contribution in [0, 0.1) is 6.92 Å². The maximum absolute atomic E-state index is 9.27. The molecule has 5 heteroatoms. The lowest BCUT2D eigenvalue weighted by Gasteiger charge is -2.01. The summed E-state index contributed by atoms with van der Waals surface area (Å²) in [5.41, 5.74) is 7.39. The van der Waals surface area contributed by atoms with Crippen molar-refractivity contribution in [3.63, 3.8) is 0 Å². The minimum absolute atomic E-state index is 0.236. The first kappa shape index (κ1) is 9.51. The van der Waals surface area contributed by atoms with E-state index in [-0.39, 0.29) is 5.75 Å². The highest BCUT2D eigenvalue weighted by atomic mass is 16.3. The number of hydrogen-bond donors (Lipinski definition) is 2. The monoisotopic (exact) mass is 204 g/mol. The van der Waals surface area contributed by atoms with E-state index in [1.165, 1.54) is 4.68 Å². The van der Waals surface area contributed by atoms with Gasteiger partial charge in [-0.1, -0.05) is 0 Å². The molecule has 0 radical (unpaired) electrons. The molecule has 2 aromatic rings. The van der Waals surface area contributed by atoms with Crippen LogP contribution >= 0.6 is 0 Å². The van der Waals surface area contributed by atoms with Crippen molar-refractivity contribution < 1.29 is 5.11 Å². The Bertz CT molecular complexity index is 485. The Labute approximate surface area is 87.2 Å². The van der Waals surface area contributed by atoms with Crippen molar-refractivity contribution in [2.75, 3.05) is 5.73 Å². The normalized spacial score (nSPS) is 10.5. The molecule has 0 spiro atoms. The van der Waals surface area contributed by atoms with Crippen LogP contribution in [0.1, 0.15) is 5.56 Å². The number of anilines is 1. The fraction of sp³-hybridized carbons (Fsp3) is 0.200. The molecule has 2 rings (SSSR count). The van der Waals surface area contributed by atoms with Crippen molar-refractivity contribution >= 4 is 5.95 Å². The van der Waals surface area contributed by atoms with Gasteiger partial charge in [-0.3, -0.25) is 0 Å². The highest BCUT2D eigenvalue weighted by Crippen LogP contribution is 2.24. The Kier molecular flexibility index (Phi) is 2.07. The molecule has 0 aliphatic rings. The zero-order valence-electron chi connectivity index (χ0n) is 8.60. The Morgan fingerprint density at radius 1 is 1.40 bits per heavy atom. The second kappa shape index (κ2) is 3.27. The topological polar surface area (TPSA) is 77.0 Å². The minimum atomic E-state index is 0.236. The van der Waals surface area contributed by atoms with Gasteiger partial charge in [-0.15, -0.1) is 5.10 Å². The smallest absolute Gasteiger partial charge is 0.218 e. The number of nitrogens with zero attached hydrogens (tertiary/aromatic N) is 3. The van der Waals surface area contributed by atoms with E-state index in [1.807, 2.05) is 6.92 Å². The lowest BCUT2D eigenvalue weighted by Crippen LogP contribution is -1.97. The molecule has 0 atom stereocenters. The van der Waals surface area contributed by atoms with Gasteiger partial charge in [0, 0.05) is 12.6 Å². The lowest BCUT2D eigenvalue weighted by atomic mass is 10.1. The van der Waals surface area contributed by atoms with Crippen LogP contribution in [0.15, 0.2) is 18.2 Å². The van der Waals surface area contributed by atoms with Crippen LogP contribution in [0.3, 0.4) is 0 Å². The van der Waals surface area contributed by atoms with Gasteiger partial charge in [-0.25, -0.2) is 4.68 Å². The zero-order chi connectivity index (χ0) is 11.0. The van der Waals surface area contributed by atoms with Crippen molar-refractivity contribution in [2.24, 2.45) is 7.05 Å². The summed E-state index contributed by atoms with van der Waals surface area (Å²) in [4.78, 5) is 4.12. The van der Waals surface area contributed by atoms with E-state index in [4.69, 9.17) is 5.73 Å². The molecule has 1 heterocycles. The van der Waals surface area contributed by atoms with E-state index in [2.05, 4.69) is 10.1 Å². The summed E-state index contributed by atoms with van der Waals surface area (Å²) >= 11 is 0. The number of phenolic OH excluding ortho intramolecular Hbond substituents is 1. The molecule has 3 N–H and O–H groups in total. The summed E-state index contributed by atoms with van der Waals surface area (Å²) in [7, 11) is 1.74. The molecule has 5 nitrogen and oxygen atoms in total. The number of hydrogen-bond acceptors (Lipinski definition) is 4. The number of aryl methyl sites for hydroxylation is 2. The van der Waals surface area contributed by atoms with Gasteiger partial charge in [-0.2, -0.15) is 4.98 Å². The van der Waals surface area contributed by atoms with E-state index in [0.717, 1.165) is 11.1 Å². The quantitative estimate of drug-likeness (QED) is 0.728. The third kappa shape index (κ3) is 1.63. The van der Waals surface area contributed by atoms with Crippen molar-refractivity contribution in [3.05, 3.63) is 23.8 Å². The molecule has 1 aromatic heterocycles. The first-order valence-corrected chi connectivity index (χ1v) is 4.54. The van der Waals surface area contributed by atoms with Crippen LogP contribution in [0.4, 0.5) is 5.95 Å². The second-order valence-corrected chi connectivity index (χ2v) is 3.42. The van der Waals surface area contributed by atoms with Crippen LogP contribution in [0.2, 0.25) is 0 Å². The molecule has 0 aliphatic heterocycles. The average Bonchev–Trinajstić information content (AvgIpc) is 2.46. The Morgan fingerprint density at radius 2 is 2.13 bits per heavy atom. The van der Waals surface area contributed by atoms with E-state index in [0.29, 0.717) is 11.8 Å². The molecule has 0 unspecified atom stereocenters. The van der Waals surface area contributed by atoms with E-state index in [9.17, 15) is 5.11 Å². The van der Waals surface area contributed by atoms with Crippen LogP contribution in [0.5, 0.6) is 5.75 Å². The van der Waals surface area contributed by atoms with Crippen LogP contribution in [-0.4, -0.2) is 19.9 Å². The summed E-state index contributed by atoms with van der Waals surface area (Å²) in [6, 6.07) is 5.05. The molecule has 0 amide bonds. The number of rotatable bonds is 1. The molecular formula is C10H12N4O. The zero-order valence-corrected chi connectivity index (χ0v) is 8.60. The first-order valence-electron chi connectivity index (χ1n) is 4.54. The van der Waals surface area contributed by atoms with Gasteiger partial charge in [0.05, 0.1) is 0 Å². The second-order valence-electron chi connectivity index (χ2n) is 3.42. The van der Waals surface area contributed by atoms with Gasteiger partial charge in [0.25, 0.3) is 0 Å². The Morgan fingerprint density at radius 3 is 2.67 bits per heavy atom. The Hall–Kier alpha value is -2.04. The summed E-state index contributed by atoms with van der Waals surface area (Å²) in [6.07, 6.45) is 0. The number of nitrogen functional groups attached to an aromatic ring is 1. The fourth-order valence-electron chi connectivity index (χ4n) is 1.41. The summed E-state index contributed by atoms with van der Waals surface area (Å²) in [5.74, 6) is 1.19. The molecule has 0 saturated heterocycles. The summed E-state index contributed by atoms with van der Waals surface area (Å²) < 4.78 is 1.52. The number of benzene rings is 1. The third-order valence-electron chi connectivity index (χ3n) is 2.25. The van der Waals surface area contributed by atoms with E-state index >= 15 is 0 Å². The van der Waals surface area contributed by atoms with Gasteiger partial charge >= 0.3 is 0 Å². The molecule has 15 heavy (non-hydrogen) atoms. The predicted octanol–water partition coefficient (Wildman–Crippen LogP) is 1.08. The molecular weight excluding hydrogens is 192 g/mol. The van der Waals surface area contributed by atoms with Gasteiger partial charge < -0.3 is 10.8 Å². The molecule has 0 aliphatic carbocycles. The molecule has 0 fully saturated rings.